The summed E-state index contributed by atoms with van der Waals surface area (Å²) in [5.41, 5.74) is -0.341. The number of hydrogen-bond donors (Lipinski definition) is 2. The maximum absolute atomic E-state index is 10.2. The van der Waals surface area contributed by atoms with E-state index in [0.717, 1.165) is 0 Å². The molecule has 0 aromatic carbocycles. The molecule has 0 aromatic heterocycles. The molecule has 1 saturated heterocycles. The zero-order valence-corrected chi connectivity index (χ0v) is 10.6. The van der Waals surface area contributed by atoms with Gasteiger partial charge in [0, 0.05) is 0 Å². The fourth-order valence-electron chi connectivity index (χ4n) is 2.22. The number of aliphatic hydroxyl groups excluding tert-OH is 1. The van der Waals surface area contributed by atoms with E-state index >= 15 is 0 Å². The van der Waals surface area contributed by atoms with E-state index in [0.29, 0.717) is 0 Å². The van der Waals surface area contributed by atoms with E-state index in [1.54, 1.807) is 0 Å². The molecule has 0 aliphatic carbocycles. The molecule has 0 bridgehead atoms. The summed E-state index contributed by atoms with van der Waals surface area (Å²) in [6.45, 7) is 11.1. The third-order valence-corrected chi connectivity index (χ3v) is 4.19. The predicted octanol–water partition coefficient (Wildman–Crippen LogP) is 1.48. The third-order valence-electron chi connectivity index (χ3n) is 4.19. The van der Waals surface area contributed by atoms with Crippen LogP contribution < -0.4 is 0 Å². The topological polar surface area (TPSA) is 49.7 Å². The lowest BCUT2D eigenvalue weighted by Gasteiger charge is -2.37. The van der Waals surface area contributed by atoms with Crippen molar-refractivity contribution in [3.05, 3.63) is 0 Å². The van der Waals surface area contributed by atoms with Gasteiger partial charge in [-0.1, -0.05) is 27.7 Å². The maximum atomic E-state index is 10.2. The molecular weight excluding hydrogens is 191 g/mol. The molecule has 4 heteroatoms. The minimum atomic E-state index is -0.620. The first-order valence-corrected chi connectivity index (χ1v) is 5.64. The van der Waals surface area contributed by atoms with Crippen LogP contribution in [0.1, 0.15) is 41.5 Å². The van der Waals surface area contributed by atoms with Crippen molar-refractivity contribution in [2.45, 2.75) is 65.1 Å². The number of rotatable bonds is 2. The molecule has 1 fully saturated rings. The van der Waals surface area contributed by atoms with Gasteiger partial charge < -0.3 is 14.9 Å². The molecule has 88 valence electrons. The van der Waals surface area contributed by atoms with E-state index in [9.17, 15) is 10.1 Å². The molecule has 0 radical (unpaired) electrons. The lowest BCUT2D eigenvalue weighted by Crippen LogP contribution is -2.40. The summed E-state index contributed by atoms with van der Waals surface area (Å²) in [4.78, 5) is 0. The highest BCUT2D eigenvalue weighted by Gasteiger charge is 2.62. The van der Waals surface area contributed by atoms with Gasteiger partial charge in [0.2, 0.25) is 0 Å². The highest BCUT2D eigenvalue weighted by Crippen LogP contribution is 2.56. The van der Waals surface area contributed by atoms with Gasteiger partial charge >= 0.3 is 6.92 Å². The van der Waals surface area contributed by atoms with E-state index in [2.05, 4.69) is 0 Å². The number of hydrogen-bond acceptors (Lipinski definition) is 3. The monoisotopic (exact) mass is 214 g/mol. The fraction of sp³-hybridized carbons (Fsp3) is 1.00. The summed E-state index contributed by atoms with van der Waals surface area (Å²) < 4.78 is 5.61. The SMILES string of the molecule is CC(C)OC1B(O)C(C)(C)C(C)(C)C1O. The zero-order valence-electron chi connectivity index (χ0n) is 10.6. The Morgan fingerprint density at radius 1 is 1.20 bits per heavy atom. The Balaban J connectivity index is 2.95. The molecule has 1 heterocycles. The van der Waals surface area contributed by atoms with Crippen molar-refractivity contribution in [1.29, 1.82) is 0 Å². The molecule has 3 nitrogen and oxygen atoms in total. The van der Waals surface area contributed by atoms with Crippen LogP contribution >= 0.6 is 0 Å². The van der Waals surface area contributed by atoms with Crippen LogP contribution in [0.2, 0.25) is 5.31 Å². The van der Waals surface area contributed by atoms with Crippen molar-refractivity contribution in [2.24, 2.45) is 5.41 Å². The van der Waals surface area contributed by atoms with Gasteiger partial charge in [-0.3, -0.25) is 0 Å². The van der Waals surface area contributed by atoms with Crippen LogP contribution in [0.4, 0.5) is 0 Å². The van der Waals surface area contributed by atoms with Crippen molar-refractivity contribution in [3.8, 4) is 0 Å². The number of aliphatic hydroxyl groups is 1. The molecule has 0 spiro atoms. The second-order valence-electron chi connectivity index (χ2n) is 5.98. The van der Waals surface area contributed by atoms with Gasteiger partial charge in [-0.2, -0.15) is 0 Å². The van der Waals surface area contributed by atoms with Crippen LogP contribution in [0.3, 0.4) is 0 Å². The van der Waals surface area contributed by atoms with Gasteiger partial charge in [-0.25, -0.2) is 0 Å². The second-order valence-corrected chi connectivity index (χ2v) is 5.98. The van der Waals surface area contributed by atoms with Gasteiger partial charge in [0.25, 0.3) is 0 Å². The van der Waals surface area contributed by atoms with E-state index in [-0.39, 0.29) is 16.8 Å². The summed E-state index contributed by atoms with van der Waals surface area (Å²) in [6.07, 6.45) is -0.603. The minimum absolute atomic E-state index is 0.0176. The Hall–Kier alpha value is -0.0551. The van der Waals surface area contributed by atoms with Gasteiger partial charge in [-0.05, 0) is 24.6 Å². The Kier molecular flexibility index (Phi) is 3.26. The second kappa shape index (κ2) is 3.76. The van der Waals surface area contributed by atoms with Crippen molar-refractivity contribution >= 4 is 6.92 Å². The van der Waals surface area contributed by atoms with Crippen molar-refractivity contribution in [1.82, 2.24) is 0 Å². The first kappa shape index (κ1) is 13.0. The van der Waals surface area contributed by atoms with Gasteiger partial charge in [0.15, 0.2) is 0 Å². The molecule has 1 aliphatic heterocycles. The minimum Gasteiger partial charge on any atom is -0.448 e. The van der Waals surface area contributed by atoms with Gasteiger partial charge in [0.1, 0.15) is 0 Å². The summed E-state index contributed by atoms with van der Waals surface area (Å²) in [5, 5.41) is 20.0. The molecule has 2 atom stereocenters. The highest BCUT2D eigenvalue weighted by atomic mass is 16.5. The third kappa shape index (κ3) is 1.83. The van der Waals surface area contributed by atoms with Crippen LogP contribution in [0, 0.1) is 5.41 Å². The van der Waals surface area contributed by atoms with E-state index in [4.69, 9.17) is 4.74 Å². The Morgan fingerprint density at radius 3 is 1.93 bits per heavy atom. The van der Waals surface area contributed by atoms with Crippen molar-refractivity contribution in [2.75, 3.05) is 0 Å². The smallest absolute Gasteiger partial charge is 0.328 e. The predicted molar refractivity (Wildman–Crippen MR) is 61.8 cm³/mol. The Bertz CT molecular complexity index is 218. The van der Waals surface area contributed by atoms with Crippen LogP contribution in [0.15, 0.2) is 0 Å². The molecule has 1 aliphatic rings. The van der Waals surface area contributed by atoms with Gasteiger partial charge in [0.05, 0.1) is 18.2 Å². The van der Waals surface area contributed by atoms with Crippen LogP contribution in [0.5, 0.6) is 0 Å². The van der Waals surface area contributed by atoms with Crippen molar-refractivity contribution < 1.29 is 14.9 Å². The highest BCUT2D eigenvalue weighted by molar-refractivity contribution is 6.57. The lowest BCUT2D eigenvalue weighted by molar-refractivity contribution is -0.0618. The summed E-state index contributed by atoms with van der Waals surface area (Å²) in [5.74, 6) is 0. The normalized spacial score (nSPS) is 33.8. The van der Waals surface area contributed by atoms with E-state index in [1.165, 1.54) is 0 Å². The quantitative estimate of drug-likeness (QED) is 0.684. The van der Waals surface area contributed by atoms with E-state index in [1.807, 2.05) is 41.5 Å². The van der Waals surface area contributed by atoms with Crippen LogP contribution in [-0.4, -0.2) is 35.3 Å². The largest absolute Gasteiger partial charge is 0.448 e. The molecule has 15 heavy (non-hydrogen) atoms. The summed E-state index contributed by atoms with van der Waals surface area (Å²) in [6, 6.07) is -0.477. The van der Waals surface area contributed by atoms with Crippen LogP contribution in [0.25, 0.3) is 0 Å². The molecular formula is C11H23BO3. The zero-order chi connectivity index (χ0) is 12.0. The lowest BCUT2D eigenvalue weighted by atomic mass is 9.44. The van der Waals surface area contributed by atoms with Gasteiger partial charge in [-0.15, -0.1) is 0 Å². The average Bonchev–Trinajstić information content (AvgIpc) is 2.18. The van der Waals surface area contributed by atoms with E-state index < -0.39 is 19.0 Å². The molecule has 2 unspecified atom stereocenters. The molecule has 0 amide bonds. The molecule has 0 aromatic rings. The summed E-state index contributed by atoms with van der Waals surface area (Å²) in [7, 11) is 0. The molecule has 0 saturated carbocycles. The average molecular weight is 214 g/mol. The van der Waals surface area contributed by atoms with Crippen molar-refractivity contribution in [3.63, 3.8) is 0 Å². The molecule has 1 rings (SSSR count). The first-order valence-electron chi connectivity index (χ1n) is 5.64. The fourth-order valence-corrected chi connectivity index (χ4v) is 2.22. The summed E-state index contributed by atoms with van der Waals surface area (Å²) >= 11 is 0. The number of ether oxygens (including phenoxy) is 1. The maximum Gasteiger partial charge on any atom is 0.328 e. The Morgan fingerprint density at radius 2 is 1.67 bits per heavy atom. The molecule has 2 N–H and O–H groups in total. The Labute approximate surface area is 92.9 Å². The first-order chi connectivity index (χ1) is 6.62. The standard InChI is InChI=1S/C11H23BO3/c1-7(2)15-9-8(13)10(3,4)11(5,6)12(9)14/h7-9,13-14H,1-6H3. The van der Waals surface area contributed by atoms with Crippen LogP contribution in [-0.2, 0) is 4.74 Å².